The maximum atomic E-state index is 5.61. The van der Waals surface area contributed by atoms with Crippen molar-refractivity contribution in [3.8, 4) is 11.3 Å². The molecule has 0 amide bonds. The Balaban J connectivity index is 2.17. The lowest BCUT2D eigenvalue weighted by Crippen LogP contribution is -1.73. The Morgan fingerprint density at radius 3 is 3.00 bits per heavy atom. The highest BCUT2D eigenvalue weighted by atomic mass is 32.1. The molecule has 2 heteroatoms. The third-order valence-electron chi connectivity index (χ3n) is 2.38. The Kier molecular flexibility index (Phi) is 1.64. The van der Waals surface area contributed by atoms with E-state index in [9.17, 15) is 0 Å². The zero-order valence-corrected chi connectivity index (χ0v) is 8.60. The minimum Gasteiger partial charge on any atom is -0.461 e. The van der Waals surface area contributed by atoms with E-state index < -0.39 is 0 Å². The molecule has 69 valence electrons. The Morgan fingerprint density at radius 2 is 2.21 bits per heavy atom. The molecule has 1 radical (unpaired) electrons. The Bertz CT molecular complexity index is 502. The van der Waals surface area contributed by atoms with Crippen LogP contribution in [-0.2, 0) is 0 Å². The summed E-state index contributed by atoms with van der Waals surface area (Å²) in [5.74, 6) is 1.94. The number of thiophene rings is 1. The number of aryl methyl sites for hydroxylation is 1. The van der Waals surface area contributed by atoms with Gasteiger partial charge in [0.05, 0.1) is 0 Å². The van der Waals surface area contributed by atoms with Crippen molar-refractivity contribution < 1.29 is 4.42 Å². The summed E-state index contributed by atoms with van der Waals surface area (Å²) in [4.78, 5) is 1.33. The van der Waals surface area contributed by atoms with Gasteiger partial charge in [-0.05, 0) is 24.6 Å². The molecule has 14 heavy (non-hydrogen) atoms. The van der Waals surface area contributed by atoms with Gasteiger partial charge in [0.25, 0.3) is 0 Å². The molecule has 0 spiro atoms. The number of hydrogen-bond donors (Lipinski definition) is 0. The molecule has 0 fully saturated rings. The number of rotatable bonds is 1. The Morgan fingerprint density at radius 1 is 1.29 bits per heavy atom. The highest BCUT2D eigenvalue weighted by Crippen LogP contribution is 2.37. The van der Waals surface area contributed by atoms with Crippen LogP contribution in [0.2, 0.25) is 0 Å². The molecule has 3 rings (SSSR count). The fraction of sp³-hybridized carbons (Fsp3) is 0.0833. The van der Waals surface area contributed by atoms with Crippen LogP contribution in [0.1, 0.15) is 16.2 Å². The first-order valence-electron chi connectivity index (χ1n) is 4.54. The number of hydrogen-bond acceptors (Lipinski definition) is 2. The first kappa shape index (κ1) is 8.06. The number of fused-ring (bicyclic) bond motifs is 1. The summed E-state index contributed by atoms with van der Waals surface area (Å²) in [6, 6.07) is 4.03. The minimum atomic E-state index is 0.964. The summed E-state index contributed by atoms with van der Waals surface area (Å²) >= 11 is 1.76. The highest BCUT2D eigenvalue weighted by molar-refractivity contribution is 7.11. The summed E-state index contributed by atoms with van der Waals surface area (Å²) in [5.41, 5.74) is 2.51. The van der Waals surface area contributed by atoms with E-state index in [1.807, 2.05) is 19.1 Å². The van der Waals surface area contributed by atoms with E-state index in [-0.39, 0.29) is 0 Å². The standard InChI is InChI=1S/C12H9OS/c1-8-5-6-11(13-8)10-7-14-12-4-2-3-9(10)12/h2-7H,1H3. The van der Waals surface area contributed by atoms with Crippen molar-refractivity contribution in [2.75, 3.05) is 0 Å². The summed E-state index contributed by atoms with van der Waals surface area (Å²) < 4.78 is 5.61. The highest BCUT2D eigenvalue weighted by Gasteiger charge is 2.15. The van der Waals surface area contributed by atoms with E-state index in [0.717, 1.165) is 11.5 Å². The van der Waals surface area contributed by atoms with Gasteiger partial charge < -0.3 is 4.42 Å². The minimum absolute atomic E-state index is 0.964. The molecule has 1 aliphatic rings. The fourth-order valence-corrected chi connectivity index (χ4v) is 2.63. The van der Waals surface area contributed by atoms with Gasteiger partial charge in [-0.15, -0.1) is 11.3 Å². The van der Waals surface area contributed by atoms with Crippen molar-refractivity contribution >= 4 is 17.4 Å². The van der Waals surface area contributed by atoms with E-state index in [4.69, 9.17) is 4.42 Å². The molecule has 2 aromatic rings. The van der Waals surface area contributed by atoms with Gasteiger partial charge in [0.1, 0.15) is 11.5 Å². The number of allylic oxidation sites excluding steroid dienone is 1. The second-order valence-electron chi connectivity index (χ2n) is 3.36. The molecular formula is C12H9OS. The van der Waals surface area contributed by atoms with Crippen LogP contribution in [0.5, 0.6) is 0 Å². The van der Waals surface area contributed by atoms with Gasteiger partial charge in [-0.25, -0.2) is 0 Å². The lowest BCUT2D eigenvalue weighted by atomic mass is 10.1. The van der Waals surface area contributed by atoms with E-state index >= 15 is 0 Å². The van der Waals surface area contributed by atoms with Gasteiger partial charge >= 0.3 is 0 Å². The molecule has 0 N–H and O–H groups in total. The maximum absolute atomic E-state index is 5.61. The maximum Gasteiger partial charge on any atom is 0.135 e. The monoisotopic (exact) mass is 201 g/mol. The third kappa shape index (κ3) is 1.07. The Labute approximate surface area is 86.7 Å². The summed E-state index contributed by atoms with van der Waals surface area (Å²) in [6.45, 7) is 1.97. The van der Waals surface area contributed by atoms with Crippen LogP contribution >= 0.6 is 11.3 Å². The molecular weight excluding hydrogens is 192 g/mol. The predicted molar refractivity (Wildman–Crippen MR) is 59.2 cm³/mol. The third-order valence-corrected chi connectivity index (χ3v) is 3.34. The van der Waals surface area contributed by atoms with Crippen LogP contribution in [0.25, 0.3) is 17.4 Å². The lowest BCUT2D eigenvalue weighted by molar-refractivity contribution is 0.548. The normalized spacial score (nSPS) is 13.5. The van der Waals surface area contributed by atoms with Crippen LogP contribution in [0.15, 0.2) is 28.0 Å². The average Bonchev–Trinajstić information content (AvgIpc) is 2.77. The van der Waals surface area contributed by atoms with Crippen molar-refractivity contribution in [2.45, 2.75) is 6.92 Å². The average molecular weight is 201 g/mol. The van der Waals surface area contributed by atoms with Crippen LogP contribution < -0.4 is 0 Å². The van der Waals surface area contributed by atoms with Crippen LogP contribution in [0.4, 0.5) is 0 Å². The van der Waals surface area contributed by atoms with Crippen molar-refractivity contribution in [1.29, 1.82) is 0 Å². The van der Waals surface area contributed by atoms with Gasteiger partial charge in [0.2, 0.25) is 0 Å². The van der Waals surface area contributed by atoms with Gasteiger partial charge in [0.15, 0.2) is 0 Å². The molecule has 0 unspecified atom stereocenters. The van der Waals surface area contributed by atoms with Crippen LogP contribution in [0, 0.1) is 13.3 Å². The molecule has 1 aliphatic carbocycles. The van der Waals surface area contributed by atoms with E-state index in [2.05, 4.69) is 24.0 Å². The first-order chi connectivity index (χ1) is 6.84. The van der Waals surface area contributed by atoms with Crippen LogP contribution in [-0.4, -0.2) is 0 Å². The molecule has 0 bridgehead atoms. The van der Waals surface area contributed by atoms with Crippen molar-refractivity contribution in [3.63, 3.8) is 0 Å². The van der Waals surface area contributed by atoms with Gasteiger partial charge in [0, 0.05) is 22.2 Å². The second-order valence-corrected chi connectivity index (χ2v) is 4.27. The topological polar surface area (TPSA) is 13.1 Å². The second kappa shape index (κ2) is 2.85. The first-order valence-corrected chi connectivity index (χ1v) is 5.42. The SMILES string of the molecule is Cc1ccc(-c2csc3c2C=C[CH]3)o1. The molecule has 2 heterocycles. The molecule has 0 atom stereocenters. The summed E-state index contributed by atoms with van der Waals surface area (Å²) in [5, 5.41) is 2.16. The fourth-order valence-electron chi connectivity index (χ4n) is 1.68. The molecule has 0 saturated carbocycles. The summed E-state index contributed by atoms with van der Waals surface area (Å²) in [6.07, 6.45) is 6.36. The zero-order chi connectivity index (χ0) is 9.54. The Hall–Kier alpha value is -1.28. The lowest BCUT2D eigenvalue weighted by Gasteiger charge is -1.94. The van der Waals surface area contributed by atoms with E-state index in [1.165, 1.54) is 16.0 Å². The predicted octanol–water partition coefficient (Wildman–Crippen LogP) is 3.90. The molecule has 0 aliphatic heterocycles. The van der Waals surface area contributed by atoms with Gasteiger partial charge in [-0.1, -0.05) is 12.2 Å². The largest absolute Gasteiger partial charge is 0.461 e. The van der Waals surface area contributed by atoms with Gasteiger partial charge in [-0.3, -0.25) is 0 Å². The van der Waals surface area contributed by atoms with E-state index in [1.54, 1.807) is 11.3 Å². The molecule has 0 saturated heterocycles. The number of furan rings is 1. The van der Waals surface area contributed by atoms with E-state index in [0.29, 0.717) is 0 Å². The smallest absolute Gasteiger partial charge is 0.135 e. The quantitative estimate of drug-likeness (QED) is 0.682. The molecule has 1 nitrogen and oxygen atoms in total. The van der Waals surface area contributed by atoms with Crippen molar-refractivity contribution in [1.82, 2.24) is 0 Å². The van der Waals surface area contributed by atoms with Gasteiger partial charge in [-0.2, -0.15) is 0 Å². The molecule has 0 aromatic carbocycles. The van der Waals surface area contributed by atoms with Crippen molar-refractivity contribution in [2.24, 2.45) is 0 Å². The van der Waals surface area contributed by atoms with Crippen LogP contribution in [0.3, 0.4) is 0 Å². The summed E-state index contributed by atoms with van der Waals surface area (Å²) in [7, 11) is 0. The van der Waals surface area contributed by atoms with Crippen molar-refractivity contribution in [3.05, 3.63) is 46.2 Å². The molecule has 2 aromatic heterocycles. The zero-order valence-electron chi connectivity index (χ0n) is 7.78.